The van der Waals surface area contributed by atoms with Gasteiger partial charge in [0.05, 0.1) is 0 Å². The maximum atomic E-state index is 13.7. The number of likely N-dealkylation sites (tertiary alicyclic amines) is 1. The standard InChI is InChI=1S/C28H29NO2/c1-2-18-29-19-24(27(30)22-14-8-4-9-15-22)26(21-12-6-3-7-13-21)25(20-29)28(31)23-16-10-5-11-17-23/h3-17,24-26H,2,18-20H2,1H3/t24-,25+,26?. The topological polar surface area (TPSA) is 37.4 Å². The molecule has 0 aliphatic carbocycles. The Kier molecular flexibility index (Phi) is 6.73. The molecule has 158 valence electrons. The van der Waals surface area contributed by atoms with Crippen molar-refractivity contribution in [2.75, 3.05) is 19.6 Å². The highest BCUT2D eigenvalue weighted by Gasteiger charge is 2.44. The van der Waals surface area contributed by atoms with Crippen molar-refractivity contribution in [1.82, 2.24) is 4.90 Å². The zero-order chi connectivity index (χ0) is 21.6. The molecule has 1 aliphatic rings. The molecule has 1 aliphatic heterocycles. The molecule has 3 nitrogen and oxygen atoms in total. The van der Waals surface area contributed by atoms with E-state index in [9.17, 15) is 9.59 Å². The molecule has 1 saturated heterocycles. The molecule has 3 heteroatoms. The van der Waals surface area contributed by atoms with E-state index in [-0.39, 0.29) is 29.3 Å². The summed E-state index contributed by atoms with van der Waals surface area (Å²) in [5.41, 5.74) is 2.51. The van der Waals surface area contributed by atoms with E-state index < -0.39 is 0 Å². The lowest BCUT2D eigenvalue weighted by Crippen LogP contribution is -2.50. The number of benzene rings is 3. The lowest BCUT2D eigenvalue weighted by molar-refractivity contribution is 0.0573. The Balaban J connectivity index is 1.78. The van der Waals surface area contributed by atoms with Gasteiger partial charge in [-0.3, -0.25) is 9.59 Å². The summed E-state index contributed by atoms with van der Waals surface area (Å²) in [4.78, 5) is 29.7. The fraction of sp³-hybridized carbons (Fsp3) is 0.286. The summed E-state index contributed by atoms with van der Waals surface area (Å²) < 4.78 is 0. The van der Waals surface area contributed by atoms with E-state index in [2.05, 4.69) is 24.0 Å². The Bertz CT molecular complexity index is 939. The SMILES string of the molecule is CCCN1C[C@H](C(=O)c2ccccc2)C(c2ccccc2)[C@H](C(=O)c2ccccc2)C1. The van der Waals surface area contributed by atoms with Gasteiger partial charge in [-0.05, 0) is 18.5 Å². The molecular weight excluding hydrogens is 382 g/mol. The summed E-state index contributed by atoms with van der Waals surface area (Å²) in [7, 11) is 0. The van der Waals surface area contributed by atoms with Crippen LogP contribution in [0.5, 0.6) is 0 Å². The van der Waals surface area contributed by atoms with Crippen molar-refractivity contribution in [1.29, 1.82) is 0 Å². The van der Waals surface area contributed by atoms with Crippen LogP contribution in [-0.2, 0) is 0 Å². The van der Waals surface area contributed by atoms with E-state index in [4.69, 9.17) is 0 Å². The molecule has 0 N–H and O–H groups in total. The Labute approximate surface area is 184 Å². The Hall–Kier alpha value is -3.04. The Morgan fingerprint density at radius 2 is 1.13 bits per heavy atom. The van der Waals surface area contributed by atoms with Crippen LogP contribution in [0.1, 0.15) is 45.5 Å². The molecular formula is C28H29NO2. The summed E-state index contributed by atoms with van der Waals surface area (Å²) in [5, 5.41) is 0. The lowest BCUT2D eigenvalue weighted by atomic mass is 9.68. The number of piperidine rings is 1. The fourth-order valence-corrected chi connectivity index (χ4v) is 4.90. The zero-order valence-electron chi connectivity index (χ0n) is 18.0. The van der Waals surface area contributed by atoms with Crippen molar-refractivity contribution in [2.24, 2.45) is 11.8 Å². The number of carbonyl (C=O) groups excluding carboxylic acids is 2. The van der Waals surface area contributed by atoms with E-state index in [1.165, 1.54) is 0 Å². The molecule has 3 atom stereocenters. The van der Waals surface area contributed by atoms with E-state index in [0.717, 1.165) is 29.7 Å². The molecule has 0 bridgehead atoms. The highest BCUT2D eigenvalue weighted by molar-refractivity contribution is 6.02. The second-order valence-electron chi connectivity index (χ2n) is 8.37. The second-order valence-corrected chi connectivity index (χ2v) is 8.37. The van der Waals surface area contributed by atoms with Crippen molar-refractivity contribution in [3.05, 3.63) is 108 Å². The molecule has 3 aromatic rings. The summed E-state index contributed by atoms with van der Waals surface area (Å²) in [6.45, 7) is 4.39. The van der Waals surface area contributed by atoms with Crippen molar-refractivity contribution in [3.8, 4) is 0 Å². The van der Waals surface area contributed by atoms with Crippen LogP contribution in [0.2, 0.25) is 0 Å². The van der Waals surface area contributed by atoms with Gasteiger partial charge in [0.25, 0.3) is 0 Å². The second kappa shape index (κ2) is 9.84. The summed E-state index contributed by atoms with van der Waals surface area (Å²) in [6.07, 6.45) is 0.995. The molecule has 0 spiro atoms. The van der Waals surface area contributed by atoms with Crippen LogP contribution in [0.25, 0.3) is 0 Å². The number of rotatable bonds is 7. The third-order valence-corrected chi connectivity index (χ3v) is 6.29. The zero-order valence-corrected chi connectivity index (χ0v) is 18.0. The van der Waals surface area contributed by atoms with E-state index in [0.29, 0.717) is 13.1 Å². The van der Waals surface area contributed by atoms with Crippen LogP contribution in [0.4, 0.5) is 0 Å². The molecule has 4 rings (SSSR count). The van der Waals surface area contributed by atoms with Crippen LogP contribution in [-0.4, -0.2) is 36.1 Å². The smallest absolute Gasteiger partial charge is 0.167 e. The number of carbonyl (C=O) groups is 2. The van der Waals surface area contributed by atoms with E-state index >= 15 is 0 Å². The average molecular weight is 412 g/mol. The first-order valence-corrected chi connectivity index (χ1v) is 11.1. The number of nitrogens with zero attached hydrogens (tertiary/aromatic N) is 1. The van der Waals surface area contributed by atoms with Crippen LogP contribution in [0.15, 0.2) is 91.0 Å². The average Bonchev–Trinajstić information content (AvgIpc) is 2.84. The third-order valence-electron chi connectivity index (χ3n) is 6.29. The van der Waals surface area contributed by atoms with Crippen molar-refractivity contribution < 1.29 is 9.59 Å². The largest absolute Gasteiger partial charge is 0.302 e. The Morgan fingerprint density at radius 1 is 0.710 bits per heavy atom. The van der Waals surface area contributed by atoms with Crippen LogP contribution in [0, 0.1) is 11.8 Å². The molecule has 3 aromatic carbocycles. The van der Waals surface area contributed by atoms with Gasteiger partial charge in [0.2, 0.25) is 0 Å². The normalized spacial score (nSPS) is 21.5. The van der Waals surface area contributed by atoms with Crippen LogP contribution in [0.3, 0.4) is 0 Å². The first-order valence-electron chi connectivity index (χ1n) is 11.1. The van der Waals surface area contributed by atoms with Gasteiger partial charge in [-0.2, -0.15) is 0 Å². The highest BCUT2D eigenvalue weighted by Crippen LogP contribution is 2.40. The van der Waals surface area contributed by atoms with Gasteiger partial charge in [0.15, 0.2) is 11.6 Å². The summed E-state index contributed by atoms with van der Waals surface area (Å²) >= 11 is 0. The van der Waals surface area contributed by atoms with Gasteiger partial charge in [0.1, 0.15) is 0 Å². The number of hydrogen-bond donors (Lipinski definition) is 0. The van der Waals surface area contributed by atoms with Crippen molar-refractivity contribution >= 4 is 11.6 Å². The van der Waals surface area contributed by atoms with E-state index in [1.54, 1.807) is 0 Å². The van der Waals surface area contributed by atoms with Gasteiger partial charge < -0.3 is 4.90 Å². The third kappa shape index (κ3) is 4.67. The molecule has 1 heterocycles. The minimum atomic E-state index is -0.261. The molecule has 1 unspecified atom stereocenters. The maximum absolute atomic E-state index is 13.7. The Morgan fingerprint density at radius 3 is 1.55 bits per heavy atom. The molecule has 31 heavy (non-hydrogen) atoms. The minimum absolute atomic E-state index is 0.126. The van der Waals surface area contributed by atoms with E-state index in [1.807, 2.05) is 78.9 Å². The van der Waals surface area contributed by atoms with Gasteiger partial charge >= 0.3 is 0 Å². The predicted molar refractivity (Wildman–Crippen MR) is 124 cm³/mol. The van der Waals surface area contributed by atoms with Gasteiger partial charge in [0, 0.05) is 42.0 Å². The van der Waals surface area contributed by atoms with Gasteiger partial charge in [-0.15, -0.1) is 0 Å². The summed E-state index contributed by atoms with van der Waals surface area (Å²) in [5.74, 6) is -0.414. The van der Waals surface area contributed by atoms with Gasteiger partial charge in [-0.25, -0.2) is 0 Å². The molecule has 0 saturated carbocycles. The molecule has 0 amide bonds. The number of Topliss-reactive ketones (excluding diaryl/α,β-unsaturated/α-hetero) is 2. The highest BCUT2D eigenvalue weighted by atomic mass is 16.1. The van der Waals surface area contributed by atoms with Crippen molar-refractivity contribution in [3.63, 3.8) is 0 Å². The molecule has 0 aromatic heterocycles. The predicted octanol–water partition coefficient (Wildman–Crippen LogP) is 5.49. The maximum Gasteiger partial charge on any atom is 0.167 e. The van der Waals surface area contributed by atoms with Crippen molar-refractivity contribution in [2.45, 2.75) is 19.3 Å². The van der Waals surface area contributed by atoms with Gasteiger partial charge in [-0.1, -0.05) is 97.9 Å². The fourth-order valence-electron chi connectivity index (χ4n) is 4.90. The first-order chi connectivity index (χ1) is 15.2. The quantitative estimate of drug-likeness (QED) is 0.482. The van der Waals surface area contributed by atoms with Crippen LogP contribution < -0.4 is 0 Å². The monoisotopic (exact) mass is 411 g/mol. The molecule has 1 fully saturated rings. The molecule has 0 radical (unpaired) electrons. The summed E-state index contributed by atoms with van der Waals surface area (Å²) in [6, 6.07) is 29.1. The minimum Gasteiger partial charge on any atom is -0.302 e. The lowest BCUT2D eigenvalue weighted by Gasteiger charge is -2.43. The first kappa shape index (κ1) is 21.2. The number of hydrogen-bond acceptors (Lipinski definition) is 3. The van der Waals surface area contributed by atoms with Crippen LogP contribution >= 0.6 is 0 Å². The number of ketones is 2.